The number of rotatable bonds is 8. The van der Waals surface area contributed by atoms with Crippen LogP contribution in [0.1, 0.15) is 46.0 Å². The highest BCUT2D eigenvalue weighted by molar-refractivity contribution is 4.87. The summed E-state index contributed by atoms with van der Waals surface area (Å²) >= 11 is 0. The molecular formula is C15H30N2O. The van der Waals surface area contributed by atoms with Crippen LogP contribution in [-0.2, 0) is 4.74 Å². The van der Waals surface area contributed by atoms with Crippen LogP contribution in [0.15, 0.2) is 0 Å². The summed E-state index contributed by atoms with van der Waals surface area (Å²) < 4.78 is 5.71. The zero-order chi connectivity index (χ0) is 12.8. The Labute approximate surface area is 112 Å². The monoisotopic (exact) mass is 254 g/mol. The van der Waals surface area contributed by atoms with Crippen LogP contribution < -0.4 is 5.32 Å². The van der Waals surface area contributed by atoms with Crippen molar-refractivity contribution in [2.24, 2.45) is 5.92 Å². The predicted octanol–water partition coefficient (Wildman–Crippen LogP) is 2.27. The van der Waals surface area contributed by atoms with Gasteiger partial charge in [-0.2, -0.15) is 0 Å². The highest BCUT2D eigenvalue weighted by atomic mass is 16.5. The van der Waals surface area contributed by atoms with E-state index in [1.54, 1.807) is 0 Å². The van der Waals surface area contributed by atoms with Gasteiger partial charge in [0.15, 0.2) is 0 Å². The number of hydrogen-bond donors (Lipinski definition) is 1. The Bertz CT molecular complexity index is 229. The molecule has 18 heavy (non-hydrogen) atoms. The van der Waals surface area contributed by atoms with Crippen molar-refractivity contribution < 1.29 is 4.74 Å². The van der Waals surface area contributed by atoms with E-state index < -0.39 is 0 Å². The molecule has 3 heteroatoms. The second-order valence-electron chi connectivity index (χ2n) is 6.38. The van der Waals surface area contributed by atoms with Crippen molar-refractivity contribution in [1.29, 1.82) is 0 Å². The molecule has 1 atom stereocenters. The molecule has 0 aromatic rings. The smallest absolute Gasteiger partial charge is 0.0593 e. The summed E-state index contributed by atoms with van der Waals surface area (Å²) in [7, 11) is 0. The first kappa shape index (κ1) is 14.3. The average Bonchev–Trinajstić information content (AvgIpc) is 3.13. The van der Waals surface area contributed by atoms with Crippen LogP contribution in [0, 0.1) is 5.92 Å². The van der Waals surface area contributed by atoms with E-state index in [4.69, 9.17) is 4.74 Å². The largest absolute Gasteiger partial charge is 0.380 e. The van der Waals surface area contributed by atoms with Crippen LogP contribution in [0.2, 0.25) is 0 Å². The fourth-order valence-corrected chi connectivity index (χ4v) is 2.59. The SMILES string of the molecule is CC(C)CCOCCN1CCCC(NC2CC2)C1. The lowest BCUT2D eigenvalue weighted by Crippen LogP contribution is -2.47. The molecule has 1 heterocycles. The Morgan fingerprint density at radius 2 is 2.00 bits per heavy atom. The number of ether oxygens (including phenoxy) is 1. The van der Waals surface area contributed by atoms with Crippen LogP contribution in [0.4, 0.5) is 0 Å². The van der Waals surface area contributed by atoms with Gasteiger partial charge >= 0.3 is 0 Å². The van der Waals surface area contributed by atoms with Gasteiger partial charge in [-0.1, -0.05) is 13.8 Å². The van der Waals surface area contributed by atoms with E-state index >= 15 is 0 Å². The number of likely N-dealkylation sites (tertiary alicyclic amines) is 1. The minimum Gasteiger partial charge on any atom is -0.380 e. The fourth-order valence-electron chi connectivity index (χ4n) is 2.59. The second kappa shape index (κ2) is 7.46. The number of nitrogens with one attached hydrogen (secondary N) is 1. The maximum absolute atomic E-state index is 5.71. The molecule has 1 N–H and O–H groups in total. The van der Waals surface area contributed by atoms with Crippen molar-refractivity contribution >= 4 is 0 Å². The van der Waals surface area contributed by atoms with Gasteiger partial charge in [0.1, 0.15) is 0 Å². The quantitative estimate of drug-likeness (QED) is 0.673. The van der Waals surface area contributed by atoms with E-state index in [1.807, 2.05) is 0 Å². The molecule has 1 saturated heterocycles. The van der Waals surface area contributed by atoms with E-state index in [0.717, 1.165) is 37.8 Å². The van der Waals surface area contributed by atoms with Gasteiger partial charge in [0, 0.05) is 31.8 Å². The molecule has 1 aliphatic heterocycles. The summed E-state index contributed by atoms with van der Waals surface area (Å²) in [5.41, 5.74) is 0. The van der Waals surface area contributed by atoms with E-state index in [9.17, 15) is 0 Å². The molecule has 0 bridgehead atoms. The Balaban J connectivity index is 1.51. The lowest BCUT2D eigenvalue weighted by atomic mass is 10.1. The van der Waals surface area contributed by atoms with E-state index in [2.05, 4.69) is 24.1 Å². The van der Waals surface area contributed by atoms with Gasteiger partial charge in [0.25, 0.3) is 0 Å². The van der Waals surface area contributed by atoms with Gasteiger partial charge in [-0.25, -0.2) is 0 Å². The lowest BCUT2D eigenvalue weighted by molar-refractivity contribution is 0.0837. The van der Waals surface area contributed by atoms with Crippen LogP contribution in [0.5, 0.6) is 0 Å². The Hall–Kier alpha value is -0.120. The molecule has 1 saturated carbocycles. The third-order valence-corrected chi connectivity index (χ3v) is 3.95. The highest BCUT2D eigenvalue weighted by Crippen LogP contribution is 2.21. The summed E-state index contributed by atoms with van der Waals surface area (Å²) in [6, 6.07) is 1.58. The van der Waals surface area contributed by atoms with Gasteiger partial charge < -0.3 is 10.1 Å². The van der Waals surface area contributed by atoms with Crippen molar-refractivity contribution in [3.05, 3.63) is 0 Å². The maximum Gasteiger partial charge on any atom is 0.0593 e. The van der Waals surface area contributed by atoms with Crippen molar-refractivity contribution in [3.63, 3.8) is 0 Å². The number of hydrogen-bond acceptors (Lipinski definition) is 3. The minimum atomic E-state index is 0.738. The highest BCUT2D eigenvalue weighted by Gasteiger charge is 2.27. The normalized spacial score (nSPS) is 25.8. The van der Waals surface area contributed by atoms with Crippen LogP contribution in [-0.4, -0.2) is 49.8 Å². The molecular weight excluding hydrogens is 224 g/mol. The zero-order valence-corrected chi connectivity index (χ0v) is 12.2. The van der Waals surface area contributed by atoms with Gasteiger partial charge in [0.05, 0.1) is 6.61 Å². The predicted molar refractivity (Wildman–Crippen MR) is 75.9 cm³/mol. The Morgan fingerprint density at radius 1 is 1.17 bits per heavy atom. The molecule has 2 aliphatic rings. The third-order valence-electron chi connectivity index (χ3n) is 3.95. The summed E-state index contributed by atoms with van der Waals surface area (Å²) in [6.45, 7) is 9.93. The topological polar surface area (TPSA) is 24.5 Å². The first-order valence-corrected chi connectivity index (χ1v) is 7.80. The van der Waals surface area contributed by atoms with Crippen molar-refractivity contribution in [2.75, 3.05) is 32.8 Å². The second-order valence-corrected chi connectivity index (χ2v) is 6.38. The van der Waals surface area contributed by atoms with Crippen molar-refractivity contribution in [2.45, 2.75) is 58.0 Å². The molecule has 2 fully saturated rings. The molecule has 0 spiro atoms. The first-order valence-electron chi connectivity index (χ1n) is 7.80. The standard InChI is InChI=1S/C15H30N2O/c1-13(2)7-10-18-11-9-17-8-3-4-15(12-17)16-14-5-6-14/h13-16H,3-12H2,1-2H3. The van der Waals surface area contributed by atoms with E-state index in [-0.39, 0.29) is 0 Å². The average molecular weight is 254 g/mol. The van der Waals surface area contributed by atoms with E-state index in [1.165, 1.54) is 45.2 Å². The van der Waals surface area contributed by atoms with E-state index in [0.29, 0.717) is 0 Å². The molecule has 0 aromatic carbocycles. The zero-order valence-electron chi connectivity index (χ0n) is 12.2. The van der Waals surface area contributed by atoms with Gasteiger partial charge in [-0.3, -0.25) is 4.90 Å². The molecule has 2 rings (SSSR count). The summed E-state index contributed by atoms with van der Waals surface area (Å²) in [5.74, 6) is 0.757. The van der Waals surface area contributed by atoms with Crippen molar-refractivity contribution in [3.8, 4) is 0 Å². The summed E-state index contributed by atoms with van der Waals surface area (Å²) in [6.07, 6.45) is 6.69. The molecule has 1 unspecified atom stereocenters. The van der Waals surface area contributed by atoms with Crippen LogP contribution in [0.25, 0.3) is 0 Å². The van der Waals surface area contributed by atoms with Crippen LogP contribution in [0.3, 0.4) is 0 Å². The van der Waals surface area contributed by atoms with Gasteiger partial charge in [0.2, 0.25) is 0 Å². The van der Waals surface area contributed by atoms with Gasteiger partial charge in [-0.05, 0) is 44.6 Å². The Morgan fingerprint density at radius 3 is 2.72 bits per heavy atom. The number of nitrogens with zero attached hydrogens (tertiary/aromatic N) is 1. The molecule has 0 amide bonds. The van der Waals surface area contributed by atoms with Crippen LogP contribution >= 0.6 is 0 Å². The fraction of sp³-hybridized carbons (Fsp3) is 1.00. The summed E-state index contributed by atoms with van der Waals surface area (Å²) in [4.78, 5) is 2.57. The van der Waals surface area contributed by atoms with Gasteiger partial charge in [-0.15, -0.1) is 0 Å². The minimum absolute atomic E-state index is 0.738. The summed E-state index contributed by atoms with van der Waals surface area (Å²) in [5, 5.41) is 3.76. The molecule has 106 valence electrons. The maximum atomic E-state index is 5.71. The third kappa shape index (κ3) is 5.68. The Kier molecular flexibility index (Phi) is 5.93. The van der Waals surface area contributed by atoms with Crippen molar-refractivity contribution in [1.82, 2.24) is 10.2 Å². The lowest BCUT2D eigenvalue weighted by Gasteiger charge is -2.33. The number of piperidine rings is 1. The molecule has 1 aliphatic carbocycles. The molecule has 0 radical (unpaired) electrons. The molecule has 3 nitrogen and oxygen atoms in total. The first-order chi connectivity index (χ1) is 8.74. The molecule has 0 aromatic heterocycles.